The maximum absolute atomic E-state index is 12.4. The summed E-state index contributed by atoms with van der Waals surface area (Å²) in [7, 11) is -9.63. The number of rotatable bonds is 5. The molecule has 4 aromatic rings. The van der Waals surface area contributed by atoms with E-state index in [1.165, 1.54) is 19.1 Å². The zero-order chi connectivity index (χ0) is 22.0. The van der Waals surface area contributed by atoms with Crippen molar-refractivity contribution in [1.82, 2.24) is 0 Å². The van der Waals surface area contributed by atoms with E-state index in [1.54, 1.807) is 18.2 Å². The Bertz CT molecular complexity index is 1520. The standard InChI is InChI=1S/C20H17NO7S2/c1-10(22)18-12(6-7-21)8-11-2-3-13-16(29(23,24)25)9-17(30(26,27)28)14-4-5-15(18)19(11)20(13)14/h2-5,8-9H,6-7,21H2,1H3,(H,23,24,25)(H,26,27,28). The van der Waals surface area contributed by atoms with Gasteiger partial charge in [0.05, 0.1) is 0 Å². The summed E-state index contributed by atoms with van der Waals surface area (Å²) < 4.78 is 67.3. The first-order valence-corrected chi connectivity index (χ1v) is 11.8. The number of ketones is 1. The summed E-state index contributed by atoms with van der Waals surface area (Å²) in [6.07, 6.45) is 0.442. The second-order valence-corrected chi connectivity index (χ2v) is 9.86. The van der Waals surface area contributed by atoms with Gasteiger partial charge in [0.15, 0.2) is 5.78 Å². The molecule has 30 heavy (non-hydrogen) atoms. The molecule has 4 N–H and O–H groups in total. The molecule has 4 aromatic carbocycles. The fraction of sp³-hybridized carbons (Fsp3) is 0.150. The van der Waals surface area contributed by atoms with Crippen LogP contribution in [0.3, 0.4) is 0 Å². The largest absolute Gasteiger partial charge is 0.330 e. The average molecular weight is 447 g/mol. The highest BCUT2D eigenvalue weighted by molar-refractivity contribution is 7.87. The molecule has 10 heteroatoms. The number of Topliss-reactive ketones (excluding diaryl/α,β-unsaturated/α-hetero) is 1. The van der Waals surface area contributed by atoms with Gasteiger partial charge in [0.2, 0.25) is 0 Å². The van der Waals surface area contributed by atoms with Crippen LogP contribution in [0.25, 0.3) is 32.3 Å². The summed E-state index contributed by atoms with van der Waals surface area (Å²) in [5.74, 6) is -0.221. The Kier molecular flexibility index (Phi) is 4.60. The van der Waals surface area contributed by atoms with Crippen LogP contribution in [0.1, 0.15) is 22.8 Å². The van der Waals surface area contributed by atoms with Gasteiger partial charge >= 0.3 is 0 Å². The molecule has 0 aliphatic heterocycles. The molecule has 0 aliphatic carbocycles. The normalized spacial score (nSPS) is 12.9. The van der Waals surface area contributed by atoms with Crippen molar-refractivity contribution in [3.63, 3.8) is 0 Å². The topological polar surface area (TPSA) is 152 Å². The molecule has 0 unspecified atom stereocenters. The van der Waals surface area contributed by atoms with Gasteiger partial charge in [0, 0.05) is 21.7 Å². The third kappa shape index (κ3) is 3.04. The van der Waals surface area contributed by atoms with Crippen molar-refractivity contribution in [1.29, 1.82) is 0 Å². The van der Waals surface area contributed by atoms with Crippen molar-refractivity contribution >= 4 is 58.3 Å². The van der Waals surface area contributed by atoms with E-state index < -0.39 is 30.0 Å². The Morgan fingerprint density at radius 1 is 0.867 bits per heavy atom. The van der Waals surface area contributed by atoms with E-state index in [9.17, 15) is 30.7 Å². The summed E-state index contributed by atoms with van der Waals surface area (Å²) in [6.45, 7) is 1.72. The third-order valence-corrected chi connectivity index (χ3v) is 7.01. The number of hydrogen-bond acceptors (Lipinski definition) is 6. The molecule has 0 bridgehead atoms. The maximum atomic E-state index is 12.4. The Hall–Kier alpha value is -2.63. The van der Waals surface area contributed by atoms with Gasteiger partial charge in [-0.15, -0.1) is 0 Å². The van der Waals surface area contributed by atoms with Crippen molar-refractivity contribution in [3.8, 4) is 0 Å². The van der Waals surface area contributed by atoms with Crippen LogP contribution < -0.4 is 5.73 Å². The van der Waals surface area contributed by atoms with Crippen LogP contribution in [-0.4, -0.2) is 38.3 Å². The molecule has 0 aromatic heterocycles. The number of carbonyl (C=O) groups excluding carboxylic acids is 1. The number of benzene rings is 4. The van der Waals surface area contributed by atoms with Gasteiger partial charge in [-0.1, -0.05) is 30.3 Å². The summed E-state index contributed by atoms with van der Waals surface area (Å²) in [4.78, 5) is 11.1. The van der Waals surface area contributed by atoms with Gasteiger partial charge in [0.25, 0.3) is 20.2 Å². The Balaban J connectivity index is 2.37. The number of carbonyl (C=O) groups is 1. The van der Waals surface area contributed by atoms with Crippen molar-refractivity contribution < 1.29 is 30.7 Å². The molecule has 0 heterocycles. The highest BCUT2D eigenvalue weighted by Gasteiger charge is 2.26. The van der Waals surface area contributed by atoms with Gasteiger partial charge in [-0.25, -0.2) is 0 Å². The number of hydrogen-bond donors (Lipinski definition) is 3. The van der Waals surface area contributed by atoms with Crippen molar-refractivity contribution in [2.45, 2.75) is 23.1 Å². The monoisotopic (exact) mass is 447 g/mol. The Labute approximate surface area is 172 Å². The van der Waals surface area contributed by atoms with E-state index in [0.29, 0.717) is 34.7 Å². The second-order valence-electron chi connectivity index (χ2n) is 7.08. The first kappa shape index (κ1) is 20.6. The van der Waals surface area contributed by atoms with Crippen LogP contribution in [0.15, 0.2) is 46.2 Å². The van der Waals surface area contributed by atoms with E-state index >= 15 is 0 Å². The lowest BCUT2D eigenvalue weighted by Gasteiger charge is -2.18. The van der Waals surface area contributed by atoms with Gasteiger partial charge in [-0.3, -0.25) is 13.9 Å². The molecule has 0 amide bonds. The van der Waals surface area contributed by atoms with Crippen LogP contribution in [-0.2, 0) is 26.7 Å². The minimum atomic E-state index is -4.81. The van der Waals surface area contributed by atoms with E-state index in [-0.39, 0.29) is 21.9 Å². The Morgan fingerprint density at radius 3 is 1.90 bits per heavy atom. The van der Waals surface area contributed by atoms with E-state index in [0.717, 1.165) is 11.6 Å². The van der Waals surface area contributed by atoms with Gasteiger partial charge in [0.1, 0.15) is 9.79 Å². The highest BCUT2D eigenvalue weighted by atomic mass is 32.2. The van der Waals surface area contributed by atoms with E-state index in [1.807, 2.05) is 0 Å². The summed E-state index contributed by atoms with van der Waals surface area (Å²) >= 11 is 0. The van der Waals surface area contributed by atoms with Gasteiger partial charge < -0.3 is 5.73 Å². The van der Waals surface area contributed by atoms with Crippen molar-refractivity contribution in [3.05, 3.63) is 47.5 Å². The second kappa shape index (κ2) is 6.69. The zero-order valence-electron chi connectivity index (χ0n) is 15.7. The summed E-state index contributed by atoms with van der Waals surface area (Å²) in [5, 5.41) is 2.00. The molecule has 0 radical (unpaired) electrons. The van der Waals surface area contributed by atoms with Crippen LogP contribution in [0, 0.1) is 0 Å². The predicted octanol–water partition coefficient (Wildman–Crippen LogP) is 2.78. The first-order valence-electron chi connectivity index (χ1n) is 8.88. The fourth-order valence-corrected chi connectivity index (χ4v) is 5.67. The highest BCUT2D eigenvalue weighted by Crippen LogP contribution is 2.42. The fourth-order valence-electron chi connectivity index (χ4n) is 4.16. The van der Waals surface area contributed by atoms with E-state index in [4.69, 9.17) is 5.73 Å². The molecule has 156 valence electrons. The smallest absolute Gasteiger partial charge is 0.295 e. The van der Waals surface area contributed by atoms with Crippen molar-refractivity contribution in [2.75, 3.05) is 6.54 Å². The van der Waals surface area contributed by atoms with E-state index in [2.05, 4.69) is 0 Å². The Morgan fingerprint density at radius 2 is 1.40 bits per heavy atom. The molecule has 0 aliphatic rings. The van der Waals surface area contributed by atoms with Crippen LogP contribution in [0.2, 0.25) is 0 Å². The van der Waals surface area contributed by atoms with Crippen LogP contribution in [0.4, 0.5) is 0 Å². The van der Waals surface area contributed by atoms with Crippen LogP contribution in [0.5, 0.6) is 0 Å². The summed E-state index contributed by atoms with van der Waals surface area (Å²) in [6, 6.07) is 8.58. The lowest BCUT2D eigenvalue weighted by atomic mass is 9.87. The molecule has 8 nitrogen and oxygen atoms in total. The minimum Gasteiger partial charge on any atom is -0.330 e. The summed E-state index contributed by atoms with van der Waals surface area (Å²) in [5.41, 5.74) is 6.82. The lowest BCUT2D eigenvalue weighted by molar-refractivity contribution is 0.101. The molecule has 0 spiro atoms. The molecule has 0 fully saturated rings. The van der Waals surface area contributed by atoms with Crippen LogP contribution >= 0.6 is 0 Å². The zero-order valence-corrected chi connectivity index (χ0v) is 17.3. The third-order valence-electron chi connectivity index (χ3n) is 5.23. The van der Waals surface area contributed by atoms with Crippen molar-refractivity contribution in [2.24, 2.45) is 5.73 Å². The molecule has 0 saturated carbocycles. The number of nitrogens with two attached hydrogens (primary N) is 1. The minimum absolute atomic E-state index is 0.0825. The molecular formula is C20H17NO7S2. The average Bonchev–Trinajstić information content (AvgIpc) is 2.63. The SMILES string of the molecule is CC(=O)c1c(CCN)cc2ccc3c(S(=O)(=O)O)cc(S(=O)(=O)O)c4ccc1c2c34. The molecular weight excluding hydrogens is 430 g/mol. The van der Waals surface area contributed by atoms with Gasteiger partial charge in [-0.2, -0.15) is 16.8 Å². The maximum Gasteiger partial charge on any atom is 0.295 e. The lowest BCUT2D eigenvalue weighted by Crippen LogP contribution is -2.09. The quantitative estimate of drug-likeness (QED) is 0.240. The molecule has 0 saturated heterocycles. The van der Waals surface area contributed by atoms with Gasteiger partial charge in [-0.05, 0) is 47.7 Å². The molecule has 0 atom stereocenters. The first-order chi connectivity index (χ1) is 13.9. The predicted molar refractivity (Wildman–Crippen MR) is 113 cm³/mol. The molecule has 4 rings (SSSR count).